The third-order valence-corrected chi connectivity index (χ3v) is 1.90. The van der Waals surface area contributed by atoms with Gasteiger partial charge in [0.2, 0.25) is 0 Å². The summed E-state index contributed by atoms with van der Waals surface area (Å²) in [5, 5.41) is 2.92. The molecule has 0 spiro atoms. The summed E-state index contributed by atoms with van der Waals surface area (Å²) in [5.74, 6) is -0.217. The van der Waals surface area contributed by atoms with Crippen molar-refractivity contribution < 1.29 is 22.6 Å². The maximum atomic E-state index is 12.1. The molecule has 0 radical (unpaired) electrons. The second-order valence-corrected chi connectivity index (χ2v) is 3.30. The molecule has 0 bridgehead atoms. The number of halogens is 3. The Morgan fingerprint density at radius 3 is 2.41 bits per heavy atom. The van der Waals surface area contributed by atoms with Crippen LogP contribution in [0.25, 0.3) is 0 Å². The lowest BCUT2D eigenvalue weighted by atomic mass is 10.3. The second kappa shape index (κ2) is 6.34. The Bertz CT molecular complexity index is 342. The van der Waals surface area contributed by atoms with Crippen molar-refractivity contribution in [1.82, 2.24) is 5.32 Å². The first-order chi connectivity index (χ1) is 8.03. The molecule has 0 saturated carbocycles. The molecule has 1 aromatic rings. The van der Waals surface area contributed by atoms with Crippen LogP contribution in [-0.2, 0) is 0 Å². The molecule has 0 aliphatic rings. The highest BCUT2D eigenvalue weighted by molar-refractivity contribution is 5.39. The molecule has 1 aromatic carbocycles. The lowest BCUT2D eigenvalue weighted by Gasteiger charge is -2.13. The molecule has 6 heteroatoms. The minimum atomic E-state index is -4.70. The summed E-state index contributed by atoms with van der Waals surface area (Å²) in [5.41, 5.74) is 0. The Morgan fingerprint density at radius 1 is 1.18 bits per heavy atom. The number of alkyl halides is 3. The zero-order valence-corrected chi connectivity index (χ0v) is 9.38. The van der Waals surface area contributed by atoms with Crippen LogP contribution in [0.3, 0.4) is 0 Å². The van der Waals surface area contributed by atoms with Crippen LogP contribution in [0.15, 0.2) is 24.3 Å². The predicted molar refractivity (Wildman–Crippen MR) is 57.2 cm³/mol. The fourth-order valence-corrected chi connectivity index (χ4v) is 1.21. The first-order valence-corrected chi connectivity index (χ1v) is 5.15. The summed E-state index contributed by atoms with van der Waals surface area (Å²) < 4.78 is 45.3. The van der Waals surface area contributed by atoms with Gasteiger partial charge in [-0.3, -0.25) is 0 Å². The Hall–Kier alpha value is -1.43. The highest BCUT2D eigenvalue weighted by atomic mass is 19.4. The maximum Gasteiger partial charge on any atom is 0.573 e. The molecule has 0 aliphatic carbocycles. The first-order valence-electron chi connectivity index (χ1n) is 5.15. The molecule has 1 N–H and O–H groups in total. The van der Waals surface area contributed by atoms with E-state index in [0.717, 1.165) is 6.54 Å². The fourth-order valence-electron chi connectivity index (χ4n) is 1.21. The van der Waals surface area contributed by atoms with Crippen molar-refractivity contribution >= 4 is 0 Å². The van der Waals surface area contributed by atoms with E-state index in [9.17, 15) is 13.2 Å². The smallest absolute Gasteiger partial charge is 0.490 e. The largest absolute Gasteiger partial charge is 0.573 e. The van der Waals surface area contributed by atoms with Gasteiger partial charge in [0.15, 0.2) is 11.5 Å². The molecule has 0 unspecified atom stereocenters. The monoisotopic (exact) mass is 249 g/mol. The SMILES string of the molecule is CNCCCOc1ccccc1OC(F)(F)F. The fraction of sp³-hybridized carbons (Fsp3) is 0.455. The number of para-hydroxylation sites is 2. The zero-order valence-electron chi connectivity index (χ0n) is 9.38. The zero-order chi connectivity index (χ0) is 12.7. The van der Waals surface area contributed by atoms with Gasteiger partial charge < -0.3 is 14.8 Å². The quantitative estimate of drug-likeness (QED) is 0.786. The average Bonchev–Trinajstić information content (AvgIpc) is 2.24. The predicted octanol–water partition coefficient (Wildman–Crippen LogP) is 2.57. The number of benzene rings is 1. The third-order valence-electron chi connectivity index (χ3n) is 1.90. The Balaban J connectivity index is 2.58. The summed E-state index contributed by atoms with van der Waals surface area (Å²) >= 11 is 0. The molecule has 0 saturated heterocycles. The van der Waals surface area contributed by atoms with E-state index in [1.807, 2.05) is 0 Å². The summed E-state index contributed by atoms with van der Waals surface area (Å²) in [6.45, 7) is 1.07. The number of rotatable bonds is 6. The average molecular weight is 249 g/mol. The third kappa shape index (κ3) is 5.44. The van der Waals surface area contributed by atoms with E-state index in [0.29, 0.717) is 13.0 Å². The number of hydrogen-bond donors (Lipinski definition) is 1. The van der Waals surface area contributed by atoms with Crippen LogP contribution in [0.4, 0.5) is 13.2 Å². The van der Waals surface area contributed by atoms with Crippen molar-refractivity contribution in [3.05, 3.63) is 24.3 Å². The highest BCUT2D eigenvalue weighted by Gasteiger charge is 2.32. The molecular weight excluding hydrogens is 235 g/mol. The number of ether oxygens (including phenoxy) is 2. The maximum absolute atomic E-state index is 12.1. The molecule has 3 nitrogen and oxygen atoms in total. The second-order valence-electron chi connectivity index (χ2n) is 3.30. The molecule has 17 heavy (non-hydrogen) atoms. The first kappa shape index (κ1) is 13.6. The van der Waals surface area contributed by atoms with Crippen LogP contribution in [0.2, 0.25) is 0 Å². The topological polar surface area (TPSA) is 30.5 Å². The highest BCUT2D eigenvalue weighted by Crippen LogP contribution is 2.31. The molecule has 0 aromatic heterocycles. The van der Waals surface area contributed by atoms with Gasteiger partial charge in [-0.25, -0.2) is 0 Å². The Morgan fingerprint density at radius 2 is 1.82 bits per heavy atom. The van der Waals surface area contributed by atoms with E-state index < -0.39 is 6.36 Å². The van der Waals surface area contributed by atoms with Crippen molar-refractivity contribution in [2.75, 3.05) is 20.2 Å². The van der Waals surface area contributed by atoms with E-state index in [4.69, 9.17) is 4.74 Å². The minimum Gasteiger partial charge on any atom is -0.490 e. The van der Waals surface area contributed by atoms with Crippen LogP contribution >= 0.6 is 0 Å². The molecule has 0 heterocycles. The lowest BCUT2D eigenvalue weighted by molar-refractivity contribution is -0.275. The molecule has 96 valence electrons. The van der Waals surface area contributed by atoms with Crippen molar-refractivity contribution in [1.29, 1.82) is 0 Å². The van der Waals surface area contributed by atoms with Gasteiger partial charge in [0, 0.05) is 0 Å². The molecule has 0 atom stereocenters. The van der Waals surface area contributed by atoms with Gasteiger partial charge >= 0.3 is 6.36 Å². The standard InChI is InChI=1S/C11H14F3NO2/c1-15-7-4-8-16-9-5-2-3-6-10(9)17-11(12,13)14/h2-3,5-6,15H,4,7-8H2,1H3. The lowest BCUT2D eigenvalue weighted by Crippen LogP contribution is -2.18. The van der Waals surface area contributed by atoms with Gasteiger partial charge in [-0.05, 0) is 32.1 Å². The van der Waals surface area contributed by atoms with Crippen LogP contribution < -0.4 is 14.8 Å². The van der Waals surface area contributed by atoms with E-state index in [2.05, 4.69) is 10.1 Å². The van der Waals surface area contributed by atoms with E-state index in [1.54, 1.807) is 13.1 Å². The van der Waals surface area contributed by atoms with E-state index in [-0.39, 0.29) is 11.5 Å². The summed E-state index contributed by atoms with van der Waals surface area (Å²) in [4.78, 5) is 0. The van der Waals surface area contributed by atoms with Gasteiger partial charge in [-0.2, -0.15) is 0 Å². The molecular formula is C11H14F3NO2. The van der Waals surface area contributed by atoms with Crippen molar-refractivity contribution in [3.63, 3.8) is 0 Å². The summed E-state index contributed by atoms with van der Waals surface area (Å²) in [6.07, 6.45) is -4.00. The van der Waals surface area contributed by atoms with Crippen molar-refractivity contribution in [2.24, 2.45) is 0 Å². The number of nitrogens with one attached hydrogen (secondary N) is 1. The molecule has 0 aliphatic heterocycles. The molecule has 0 fully saturated rings. The summed E-state index contributed by atoms with van der Waals surface area (Å²) in [7, 11) is 1.79. The van der Waals surface area contributed by atoms with Gasteiger partial charge in [-0.15, -0.1) is 13.2 Å². The van der Waals surface area contributed by atoms with Crippen LogP contribution in [0.5, 0.6) is 11.5 Å². The van der Waals surface area contributed by atoms with Crippen molar-refractivity contribution in [3.8, 4) is 11.5 Å². The Labute approximate surface area is 97.5 Å². The van der Waals surface area contributed by atoms with E-state index in [1.165, 1.54) is 18.2 Å². The molecule has 0 amide bonds. The van der Waals surface area contributed by atoms with Crippen LogP contribution in [0.1, 0.15) is 6.42 Å². The van der Waals surface area contributed by atoms with Crippen molar-refractivity contribution in [2.45, 2.75) is 12.8 Å². The molecule has 1 rings (SSSR count). The minimum absolute atomic E-state index is 0.0981. The number of hydrogen-bond acceptors (Lipinski definition) is 3. The Kier molecular flexibility index (Phi) is 5.09. The summed E-state index contributed by atoms with van der Waals surface area (Å²) in [6, 6.07) is 5.72. The normalized spacial score (nSPS) is 11.3. The van der Waals surface area contributed by atoms with Gasteiger partial charge in [0.05, 0.1) is 6.61 Å². The van der Waals surface area contributed by atoms with Crippen LogP contribution in [-0.4, -0.2) is 26.6 Å². The van der Waals surface area contributed by atoms with Gasteiger partial charge in [-0.1, -0.05) is 12.1 Å². The van der Waals surface area contributed by atoms with Gasteiger partial charge in [0.25, 0.3) is 0 Å². The van der Waals surface area contributed by atoms with Gasteiger partial charge in [0.1, 0.15) is 0 Å². The van der Waals surface area contributed by atoms with Crippen LogP contribution in [0, 0.1) is 0 Å². The van der Waals surface area contributed by atoms with E-state index >= 15 is 0 Å².